The molecule has 0 aliphatic carbocycles. The third kappa shape index (κ3) is 4.49. The number of likely N-dealkylation sites (tertiary alicyclic amines) is 1. The molecule has 1 amide bonds. The normalized spacial score (nSPS) is 14.6. The lowest BCUT2D eigenvalue weighted by atomic mass is 9.96. The number of carbonyl (C=O) groups excluding carboxylic acids is 1. The van der Waals surface area contributed by atoms with E-state index in [1.807, 2.05) is 65.6 Å². The molecule has 35 heavy (non-hydrogen) atoms. The van der Waals surface area contributed by atoms with Gasteiger partial charge in [-0.1, -0.05) is 30.3 Å². The maximum atomic E-state index is 13.1. The number of fused-ring (bicyclic) bond motifs is 2. The monoisotopic (exact) mass is 483 g/mol. The quantitative estimate of drug-likeness (QED) is 0.333. The SMILES string of the molecule is O=C(c1ccc2nsnc2c1)N1CCC(Cn2c(COc3ccccc3)nc3ccccc32)CC1. The number of amides is 1. The molecule has 5 aromatic rings. The highest BCUT2D eigenvalue weighted by atomic mass is 32.1. The molecule has 0 bridgehead atoms. The fourth-order valence-electron chi connectivity index (χ4n) is 4.78. The molecule has 1 fully saturated rings. The summed E-state index contributed by atoms with van der Waals surface area (Å²) in [5.41, 5.74) is 4.42. The first-order chi connectivity index (χ1) is 17.2. The molecule has 3 heterocycles. The van der Waals surface area contributed by atoms with Crippen LogP contribution in [0.4, 0.5) is 0 Å². The van der Waals surface area contributed by atoms with Crippen LogP contribution < -0.4 is 4.74 Å². The van der Waals surface area contributed by atoms with Gasteiger partial charge in [-0.3, -0.25) is 4.79 Å². The average molecular weight is 484 g/mol. The molecule has 2 aromatic heterocycles. The largest absolute Gasteiger partial charge is 0.486 e. The summed E-state index contributed by atoms with van der Waals surface area (Å²) in [5.74, 6) is 2.31. The summed E-state index contributed by atoms with van der Waals surface area (Å²) in [6, 6.07) is 23.7. The van der Waals surface area contributed by atoms with Crippen LogP contribution in [0.15, 0.2) is 72.8 Å². The van der Waals surface area contributed by atoms with Gasteiger partial charge in [0.05, 0.1) is 22.8 Å². The highest BCUT2D eigenvalue weighted by Gasteiger charge is 2.25. The van der Waals surface area contributed by atoms with E-state index in [2.05, 4.69) is 25.4 Å². The van der Waals surface area contributed by atoms with Crippen molar-refractivity contribution in [2.75, 3.05) is 13.1 Å². The molecule has 1 aliphatic rings. The minimum absolute atomic E-state index is 0.0726. The second kappa shape index (κ2) is 9.46. The van der Waals surface area contributed by atoms with Gasteiger partial charge < -0.3 is 14.2 Å². The van der Waals surface area contributed by atoms with Gasteiger partial charge in [0.2, 0.25) is 0 Å². The fraction of sp³-hybridized carbons (Fsp3) is 0.259. The molecule has 7 nitrogen and oxygen atoms in total. The molecule has 0 radical (unpaired) electrons. The number of nitrogens with zero attached hydrogens (tertiary/aromatic N) is 5. The standard InChI is InChI=1S/C27H25N5O2S/c33-27(20-10-11-22-24(16-20)30-35-29-22)31-14-12-19(13-15-31)17-32-25-9-5-4-8-23(25)28-26(32)18-34-21-6-2-1-3-7-21/h1-11,16,19H,12-15,17-18H2. The van der Waals surface area contributed by atoms with E-state index >= 15 is 0 Å². The van der Waals surface area contributed by atoms with Gasteiger partial charge in [0.15, 0.2) is 0 Å². The summed E-state index contributed by atoms with van der Waals surface area (Å²) in [6.45, 7) is 2.79. The van der Waals surface area contributed by atoms with Crippen molar-refractivity contribution in [3.05, 3.63) is 84.2 Å². The zero-order valence-corrected chi connectivity index (χ0v) is 20.0. The number of hydrogen-bond acceptors (Lipinski definition) is 6. The smallest absolute Gasteiger partial charge is 0.253 e. The Balaban J connectivity index is 1.14. The Morgan fingerprint density at radius 1 is 0.914 bits per heavy atom. The fourth-order valence-corrected chi connectivity index (χ4v) is 5.30. The summed E-state index contributed by atoms with van der Waals surface area (Å²) in [5, 5.41) is 0. The summed E-state index contributed by atoms with van der Waals surface area (Å²) in [4.78, 5) is 19.9. The highest BCUT2D eigenvalue weighted by Crippen LogP contribution is 2.26. The van der Waals surface area contributed by atoms with Crippen molar-refractivity contribution in [3.63, 3.8) is 0 Å². The van der Waals surface area contributed by atoms with E-state index in [4.69, 9.17) is 9.72 Å². The van der Waals surface area contributed by atoms with Crippen LogP contribution >= 0.6 is 11.7 Å². The first kappa shape index (κ1) is 21.7. The number of aromatic nitrogens is 4. The molecule has 1 saturated heterocycles. The van der Waals surface area contributed by atoms with Crippen LogP contribution in [0.25, 0.3) is 22.1 Å². The number of rotatable bonds is 6. The van der Waals surface area contributed by atoms with Gasteiger partial charge in [-0.15, -0.1) is 0 Å². The van der Waals surface area contributed by atoms with Crippen molar-refractivity contribution < 1.29 is 9.53 Å². The topological polar surface area (TPSA) is 73.1 Å². The molecule has 0 atom stereocenters. The van der Waals surface area contributed by atoms with Crippen LogP contribution in [0, 0.1) is 5.92 Å². The van der Waals surface area contributed by atoms with E-state index in [-0.39, 0.29) is 5.91 Å². The Kier molecular flexibility index (Phi) is 5.88. The zero-order chi connectivity index (χ0) is 23.6. The van der Waals surface area contributed by atoms with E-state index in [1.54, 1.807) is 0 Å². The Morgan fingerprint density at radius 3 is 2.54 bits per heavy atom. The van der Waals surface area contributed by atoms with E-state index < -0.39 is 0 Å². The lowest BCUT2D eigenvalue weighted by molar-refractivity contribution is 0.0682. The van der Waals surface area contributed by atoms with Gasteiger partial charge in [-0.25, -0.2) is 4.98 Å². The lowest BCUT2D eigenvalue weighted by Crippen LogP contribution is -2.39. The maximum Gasteiger partial charge on any atom is 0.253 e. The van der Waals surface area contributed by atoms with Crippen molar-refractivity contribution in [1.82, 2.24) is 23.2 Å². The van der Waals surface area contributed by atoms with Gasteiger partial charge in [0.25, 0.3) is 5.91 Å². The zero-order valence-electron chi connectivity index (χ0n) is 19.2. The molecule has 0 spiro atoms. The van der Waals surface area contributed by atoms with Gasteiger partial charge in [0.1, 0.15) is 29.2 Å². The van der Waals surface area contributed by atoms with Crippen molar-refractivity contribution >= 4 is 39.7 Å². The number of hydrogen-bond donors (Lipinski definition) is 0. The van der Waals surface area contributed by atoms with E-state index in [0.29, 0.717) is 18.1 Å². The Labute approximate surface area is 207 Å². The maximum absolute atomic E-state index is 13.1. The van der Waals surface area contributed by atoms with Crippen LogP contribution in [0.2, 0.25) is 0 Å². The molecule has 8 heteroatoms. The van der Waals surface area contributed by atoms with Gasteiger partial charge >= 0.3 is 0 Å². The molecule has 1 aliphatic heterocycles. The average Bonchev–Trinajstić information content (AvgIpc) is 3.52. The molecule has 6 rings (SSSR count). The van der Waals surface area contributed by atoms with Gasteiger partial charge in [-0.05, 0) is 61.2 Å². The number of carbonyl (C=O) groups is 1. The van der Waals surface area contributed by atoms with E-state index in [9.17, 15) is 4.79 Å². The molecule has 3 aromatic carbocycles. The third-order valence-electron chi connectivity index (χ3n) is 6.69. The molecule has 176 valence electrons. The molecule has 0 N–H and O–H groups in total. The minimum atomic E-state index is 0.0726. The Morgan fingerprint density at radius 2 is 1.69 bits per heavy atom. The number of imidazole rings is 1. The van der Waals surface area contributed by atoms with Crippen LogP contribution in [0.5, 0.6) is 5.75 Å². The minimum Gasteiger partial charge on any atom is -0.486 e. The summed E-state index contributed by atoms with van der Waals surface area (Å²) in [6.07, 6.45) is 1.91. The van der Waals surface area contributed by atoms with Gasteiger partial charge in [0, 0.05) is 25.2 Å². The molecule has 0 unspecified atom stereocenters. The van der Waals surface area contributed by atoms with E-state index in [1.165, 1.54) is 11.7 Å². The predicted molar refractivity (Wildman–Crippen MR) is 137 cm³/mol. The number of benzene rings is 3. The Bertz CT molecular complexity index is 1470. The first-order valence-electron chi connectivity index (χ1n) is 11.9. The van der Waals surface area contributed by atoms with Crippen LogP contribution in [0.1, 0.15) is 29.0 Å². The summed E-state index contributed by atoms with van der Waals surface area (Å²) < 4.78 is 16.8. The molecular weight excluding hydrogens is 458 g/mol. The van der Waals surface area contributed by atoms with E-state index in [0.717, 1.165) is 66.1 Å². The van der Waals surface area contributed by atoms with Crippen LogP contribution in [0.3, 0.4) is 0 Å². The first-order valence-corrected chi connectivity index (χ1v) is 12.6. The van der Waals surface area contributed by atoms with Crippen molar-refractivity contribution in [1.29, 1.82) is 0 Å². The van der Waals surface area contributed by atoms with Crippen LogP contribution in [-0.2, 0) is 13.2 Å². The molecule has 0 saturated carbocycles. The number of piperidine rings is 1. The lowest BCUT2D eigenvalue weighted by Gasteiger charge is -2.32. The van der Waals surface area contributed by atoms with Gasteiger partial charge in [-0.2, -0.15) is 8.75 Å². The third-order valence-corrected chi connectivity index (χ3v) is 7.24. The second-order valence-electron chi connectivity index (χ2n) is 8.93. The summed E-state index contributed by atoms with van der Waals surface area (Å²) in [7, 11) is 0. The predicted octanol–water partition coefficient (Wildman–Crippen LogP) is 5.17. The van der Waals surface area contributed by atoms with Crippen molar-refractivity contribution in [2.24, 2.45) is 5.92 Å². The van der Waals surface area contributed by atoms with Crippen LogP contribution in [-0.4, -0.2) is 42.2 Å². The van der Waals surface area contributed by atoms with Crippen molar-refractivity contribution in [2.45, 2.75) is 26.0 Å². The second-order valence-corrected chi connectivity index (χ2v) is 9.46. The summed E-state index contributed by atoms with van der Waals surface area (Å²) >= 11 is 1.17. The Hall–Kier alpha value is -3.78. The highest BCUT2D eigenvalue weighted by molar-refractivity contribution is 7.00. The molecular formula is C27H25N5O2S. The number of ether oxygens (including phenoxy) is 1. The van der Waals surface area contributed by atoms with Crippen molar-refractivity contribution in [3.8, 4) is 5.75 Å². The number of para-hydroxylation sites is 3.